The highest BCUT2D eigenvalue weighted by molar-refractivity contribution is 7.91. The molecular weight excluding hydrogens is 212 g/mol. The van der Waals surface area contributed by atoms with Crippen LogP contribution in [0.3, 0.4) is 0 Å². The quantitative estimate of drug-likeness (QED) is 0.737. The van der Waals surface area contributed by atoms with E-state index in [1.165, 1.54) is 12.1 Å². The van der Waals surface area contributed by atoms with Crippen molar-refractivity contribution in [3.63, 3.8) is 0 Å². The van der Waals surface area contributed by atoms with Gasteiger partial charge in [0, 0.05) is 5.56 Å². The molecule has 0 heterocycles. The van der Waals surface area contributed by atoms with Crippen LogP contribution in [0.5, 0.6) is 0 Å². The number of sulfone groups is 1. The standard InChI is InChI=1S/C11H14O3S/c1-9(2)8-15(13,14)11-6-4-3-5-10(11)7-12/h3-7,9H,8H2,1-2H3. The lowest BCUT2D eigenvalue weighted by molar-refractivity contribution is 0.112. The summed E-state index contributed by atoms with van der Waals surface area (Å²) in [5, 5.41) is 0. The van der Waals surface area contributed by atoms with E-state index in [2.05, 4.69) is 0 Å². The second-order valence-electron chi connectivity index (χ2n) is 3.83. The number of aldehydes is 1. The maximum Gasteiger partial charge on any atom is 0.179 e. The molecule has 0 aliphatic heterocycles. The van der Waals surface area contributed by atoms with Crippen LogP contribution in [0.1, 0.15) is 24.2 Å². The molecule has 0 fully saturated rings. The molecule has 82 valence electrons. The van der Waals surface area contributed by atoms with Crippen LogP contribution in [0.4, 0.5) is 0 Å². The first-order chi connectivity index (χ1) is 6.97. The highest BCUT2D eigenvalue weighted by atomic mass is 32.2. The van der Waals surface area contributed by atoms with E-state index in [0.29, 0.717) is 6.29 Å². The molecule has 0 saturated heterocycles. The lowest BCUT2D eigenvalue weighted by atomic mass is 10.2. The highest BCUT2D eigenvalue weighted by Gasteiger charge is 2.19. The van der Waals surface area contributed by atoms with Crippen LogP contribution >= 0.6 is 0 Å². The molecule has 0 atom stereocenters. The van der Waals surface area contributed by atoms with E-state index < -0.39 is 9.84 Å². The second kappa shape index (κ2) is 4.57. The molecule has 15 heavy (non-hydrogen) atoms. The van der Waals surface area contributed by atoms with Crippen LogP contribution < -0.4 is 0 Å². The van der Waals surface area contributed by atoms with Crippen molar-refractivity contribution in [2.24, 2.45) is 5.92 Å². The lowest BCUT2D eigenvalue weighted by Crippen LogP contribution is -2.13. The van der Waals surface area contributed by atoms with Crippen LogP contribution in [0, 0.1) is 5.92 Å². The molecule has 0 unspecified atom stereocenters. The molecule has 0 N–H and O–H groups in total. The fourth-order valence-electron chi connectivity index (χ4n) is 1.39. The maximum absolute atomic E-state index is 11.9. The first-order valence-corrected chi connectivity index (χ1v) is 6.39. The molecular formula is C11H14O3S. The molecule has 0 aliphatic carbocycles. The van der Waals surface area contributed by atoms with E-state index in [4.69, 9.17) is 0 Å². The molecule has 3 nitrogen and oxygen atoms in total. The molecule has 0 amide bonds. The zero-order valence-corrected chi connectivity index (χ0v) is 9.62. The van der Waals surface area contributed by atoms with Crippen molar-refractivity contribution >= 4 is 16.1 Å². The van der Waals surface area contributed by atoms with Crippen molar-refractivity contribution in [2.45, 2.75) is 18.7 Å². The maximum atomic E-state index is 11.9. The van der Waals surface area contributed by atoms with Gasteiger partial charge in [-0.3, -0.25) is 4.79 Å². The third kappa shape index (κ3) is 2.89. The van der Waals surface area contributed by atoms with Crippen LogP contribution in [-0.4, -0.2) is 20.5 Å². The van der Waals surface area contributed by atoms with E-state index >= 15 is 0 Å². The summed E-state index contributed by atoms with van der Waals surface area (Å²) in [5.74, 6) is 0.118. The molecule has 0 aromatic heterocycles. The molecule has 0 aliphatic rings. The van der Waals surface area contributed by atoms with Crippen molar-refractivity contribution in [1.82, 2.24) is 0 Å². The molecule has 4 heteroatoms. The Hall–Kier alpha value is -1.16. The summed E-state index contributed by atoms with van der Waals surface area (Å²) in [5.41, 5.74) is 0.234. The van der Waals surface area contributed by atoms with Crippen LogP contribution in [0.15, 0.2) is 29.2 Å². The topological polar surface area (TPSA) is 51.2 Å². The molecule has 0 saturated carbocycles. The molecule has 1 rings (SSSR count). The summed E-state index contributed by atoms with van der Waals surface area (Å²) in [6, 6.07) is 6.26. The van der Waals surface area contributed by atoms with E-state index in [0.717, 1.165) is 0 Å². The number of carbonyl (C=O) groups excluding carboxylic acids is 1. The number of hydrogen-bond donors (Lipinski definition) is 0. The first kappa shape index (κ1) is 11.9. The van der Waals surface area contributed by atoms with Crippen LogP contribution in [-0.2, 0) is 9.84 Å². The predicted octanol–water partition coefficient (Wildman–Crippen LogP) is 1.93. The highest BCUT2D eigenvalue weighted by Crippen LogP contribution is 2.17. The van der Waals surface area contributed by atoms with Gasteiger partial charge >= 0.3 is 0 Å². The van der Waals surface area contributed by atoms with Crippen LogP contribution in [0.2, 0.25) is 0 Å². The summed E-state index contributed by atoms with van der Waals surface area (Å²) in [6.45, 7) is 3.67. The molecule has 0 spiro atoms. The Morgan fingerprint density at radius 1 is 1.27 bits per heavy atom. The number of hydrogen-bond acceptors (Lipinski definition) is 3. The first-order valence-electron chi connectivity index (χ1n) is 4.74. The van der Waals surface area contributed by atoms with Crippen molar-refractivity contribution in [3.8, 4) is 0 Å². The van der Waals surface area contributed by atoms with Gasteiger partial charge in [-0.25, -0.2) is 8.42 Å². The monoisotopic (exact) mass is 226 g/mol. The Morgan fingerprint density at radius 3 is 2.40 bits per heavy atom. The fourth-order valence-corrected chi connectivity index (χ4v) is 3.21. The third-order valence-electron chi connectivity index (χ3n) is 1.93. The second-order valence-corrected chi connectivity index (χ2v) is 5.83. The smallest absolute Gasteiger partial charge is 0.179 e. The Kier molecular flexibility index (Phi) is 3.63. The Balaban J connectivity index is 3.21. The van der Waals surface area contributed by atoms with E-state index in [9.17, 15) is 13.2 Å². The van der Waals surface area contributed by atoms with Gasteiger partial charge in [-0.05, 0) is 12.0 Å². The lowest BCUT2D eigenvalue weighted by Gasteiger charge is -2.08. The van der Waals surface area contributed by atoms with Gasteiger partial charge in [-0.1, -0.05) is 32.0 Å². The summed E-state index contributed by atoms with van der Waals surface area (Å²) < 4.78 is 23.7. The van der Waals surface area contributed by atoms with Gasteiger partial charge in [-0.15, -0.1) is 0 Å². The molecule has 1 aromatic rings. The third-order valence-corrected chi connectivity index (χ3v) is 4.08. The largest absolute Gasteiger partial charge is 0.298 e. The van der Waals surface area contributed by atoms with Gasteiger partial charge < -0.3 is 0 Å². The van der Waals surface area contributed by atoms with Crippen molar-refractivity contribution in [3.05, 3.63) is 29.8 Å². The minimum atomic E-state index is -3.33. The normalized spacial score (nSPS) is 11.7. The summed E-state index contributed by atoms with van der Waals surface area (Å²) in [4.78, 5) is 10.8. The van der Waals surface area contributed by atoms with Gasteiger partial charge in [0.05, 0.1) is 10.6 Å². The average Bonchev–Trinajstić information content (AvgIpc) is 2.16. The average molecular weight is 226 g/mol. The van der Waals surface area contributed by atoms with Gasteiger partial charge in [0.15, 0.2) is 16.1 Å². The van der Waals surface area contributed by atoms with E-state index in [-0.39, 0.29) is 22.1 Å². The molecule has 0 radical (unpaired) electrons. The van der Waals surface area contributed by atoms with Crippen molar-refractivity contribution in [1.29, 1.82) is 0 Å². The van der Waals surface area contributed by atoms with Crippen LogP contribution in [0.25, 0.3) is 0 Å². The number of rotatable bonds is 4. The summed E-state index contributed by atoms with van der Waals surface area (Å²) in [6.07, 6.45) is 0.577. The minimum Gasteiger partial charge on any atom is -0.298 e. The number of carbonyl (C=O) groups is 1. The fraction of sp³-hybridized carbons (Fsp3) is 0.364. The van der Waals surface area contributed by atoms with Gasteiger partial charge in [0.2, 0.25) is 0 Å². The Labute approximate surface area is 90.0 Å². The van der Waals surface area contributed by atoms with Gasteiger partial charge in [0.25, 0.3) is 0 Å². The SMILES string of the molecule is CC(C)CS(=O)(=O)c1ccccc1C=O. The van der Waals surface area contributed by atoms with Gasteiger partial charge in [-0.2, -0.15) is 0 Å². The predicted molar refractivity (Wildman–Crippen MR) is 58.7 cm³/mol. The van der Waals surface area contributed by atoms with Gasteiger partial charge in [0.1, 0.15) is 0 Å². The summed E-state index contributed by atoms with van der Waals surface area (Å²) >= 11 is 0. The Morgan fingerprint density at radius 2 is 1.87 bits per heavy atom. The minimum absolute atomic E-state index is 0.0507. The zero-order chi connectivity index (χ0) is 11.5. The molecule has 1 aromatic carbocycles. The van der Waals surface area contributed by atoms with Crippen molar-refractivity contribution < 1.29 is 13.2 Å². The van der Waals surface area contributed by atoms with E-state index in [1.807, 2.05) is 13.8 Å². The van der Waals surface area contributed by atoms with Crippen molar-refractivity contribution in [2.75, 3.05) is 5.75 Å². The summed E-state index contributed by atoms with van der Waals surface area (Å²) in [7, 11) is -3.33. The number of benzene rings is 1. The Bertz CT molecular complexity index is 447. The molecule has 0 bridgehead atoms. The van der Waals surface area contributed by atoms with E-state index in [1.54, 1.807) is 12.1 Å². The zero-order valence-electron chi connectivity index (χ0n) is 8.80.